The number of para-hydroxylation sites is 2. The molecule has 0 fully saturated rings. The maximum atomic E-state index is 2.50. The number of benzene rings is 10. The van der Waals surface area contributed by atoms with Crippen molar-refractivity contribution in [2.75, 3.05) is 4.90 Å². The third-order valence-electron chi connectivity index (χ3n) is 13.9. The quantitative estimate of drug-likeness (QED) is 0.145. The lowest BCUT2D eigenvalue weighted by Gasteiger charge is -2.27. The summed E-state index contributed by atoms with van der Waals surface area (Å²) in [5.74, 6) is 0. The van der Waals surface area contributed by atoms with Crippen molar-refractivity contribution in [3.05, 3.63) is 241 Å². The molecule has 2 aliphatic rings. The average molecular weight is 818 g/mol. The summed E-state index contributed by atoms with van der Waals surface area (Å²) in [7, 11) is 0. The van der Waals surface area contributed by atoms with E-state index in [2.05, 4.69) is 243 Å². The minimum absolute atomic E-state index is 0.0595. The fraction of sp³-hybridized carbons (Fsp3) is 0.0794. The van der Waals surface area contributed by atoms with Gasteiger partial charge in [0.2, 0.25) is 0 Å². The molecule has 0 aliphatic heterocycles. The molecule has 0 unspecified atom stereocenters. The molecule has 0 radical (unpaired) electrons. The standard InChI is InChI=1S/C63H47N/c1-63(2)58-30-18-17-28-51(58)52-37-33-46(40-59(52)63)45-34-38-54-57(39-45)50-27-15-16-29-53(50)62-60(55(42-19-7-3-8-20-42)41-56(61(54)62)43-21-9-4-10-22-43)44-31-35-49(36-32-44)64(47-23-11-5-12-24-47)48-25-13-6-14-26-48/h3-14,16-26,28-41H,15,27H2,1-2H3. The first kappa shape index (κ1) is 38.0. The third-order valence-corrected chi connectivity index (χ3v) is 13.9. The van der Waals surface area contributed by atoms with E-state index in [1.165, 1.54) is 99.4 Å². The van der Waals surface area contributed by atoms with Crippen molar-refractivity contribution in [2.45, 2.75) is 32.1 Å². The Bertz CT molecular complexity index is 3380. The van der Waals surface area contributed by atoms with Crippen LogP contribution in [0.2, 0.25) is 0 Å². The third kappa shape index (κ3) is 6.15. The molecule has 1 heteroatoms. The summed E-state index contributed by atoms with van der Waals surface area (Å²) in [6, 6.07) is 78.5. The molecule has 0 saturated carbocycles. The first-order valence-electron chi connectivity index (χ1n) is 22.6. The number of aryl methyl sites for hydroxylation is 1. The summed E-state index contributed by atoms with van der Waals surface area (Å²) >= 11 is 0. The lowest BCUT2D eigenvalue weighted by atomic mass is 9.78. The molecule has 2 aliphatic carbocycles. The smallest absolute Gasteiger partial charge is 0.0462 e. The molecule has 10 aromatic carbocycles. The molecule has 0 saturated heterocycles. The topological polar surface area (TPSA) is 3.24 Å². The summed E-state index contributed by atoms with van der Waals surface area (Å²) in [6.45, 7) is 4.75. The molecule has 0 bridgehead atoms. The average Bonchev–Trinajstić information content (AvgIpc) is 3.60. The molecule has 0 atom stereocenters. The Balaban J connectivity index is 1.12. The van der Waals surface area contributed by atoms with Gasteiger partial charge in [-0.1, -0.05) is 184 Å². The predicted octanol–water partition coefficient (Wildman–Crippen LogP) is 17.4. The van der Waals surface area contributed by atoms with Crippen molar-refractivity contribution < 1.29 is 0 Å². The Hall–Kier alpha value is -7.74. The largest absolute Gasteiger partial charge is 0.311 e. The highest BCUT2D eigenvalue weighted by molar-refractivity contribution is 6.25. The van der Waals surface area contributed by atoms with E-state index >= 15 is 0 Å². The highest BCUT2D eigenvalue weighted by Gasteiger charge is 2.35. The van der Waals surface area contributed by atoms with E-state index in [4.69, 9.17) is 0 Å². The highest BCUT2D eigenvalue weighted by atomic mass is 15.1. The molecule has 0 heterocycles. The van der Waals surface area contributed by atoms with Crippen LogP contribution in [0.15, 0.2) is 218 Å². The van der Waals surface area contributed by atoms with Gasteiger partial charge in [0.05, 0.1) is 0 Å². The van der Waals surface area contributed by atoms with Gasteiger partial charge in [-0.3, -0.25) is 0 Å². The molecule has 0 amide bonds. The zero-order valence-electron chi connectivity index (χ0n) is 36.2. The molecular weight excluding hydrogens is 771 g/mol. The Morgan fingerprint density at radius 2 is 0.938 bits per heavy atom. The zero-order valence-corrected chi connectivity index (χ0v) is 36.2. The first-order chi connectivity index (χ1) is 31.5. The molecule has 10 aromatic rings. The summed E-state index contributed by atoms with van der Waals surface area (Å²) < 4.78 is 0. The highest BCUT2D eigenvalue weighted by Crippen LogP contribution is 2.52. The van der Waals surface area contributed by atoms with Gasteiger partial charge in [-0.15, -0.1) is 0 Å². The van der Waals surface area contributed by atoms with Gasteiger partial charge in [-0.2, -0.15) is 0 Å². The molecule has 64 heavy (non-hydrogen) atoms. The van der Waals surface area contributed by atoms with Crippen LogP contribution in [0.25, 0.3) is 83.3 Å². The number of hydrogen-bond acceptors (Lipinski definition) is 1. The lowest BCUT2D eigenvalue weighted by Crippen LogP contribution is -2.14. The van der Waals surface area contributed by atoms with Crippen molar-refractivity contribution in [1.29, 1.82) is 0 Å². The van der Waals surface area contributed by atoms with Crippen molar-refractivity contribution in [1.82, 2.24) is 0 Å². The van der Waals surface area contributed by atoms with Crippen LogP contribution in [-0.4, -0.2) is 0 Å². The Morgan fingerprint density at radius 3 is 1.62 bits per heavy atom. The van der Waals surface area contributed by atoms with E-state index in [0.29, 0.717) is 0 Å². The van der Waals surface area contributed by atoms with Crippen LogP contribution in [0.4, 0.5) is 17.1 Å². The molecule has 304 valence electrons. The Morgan fingerprint density at radius 1 is 0.391 bits per heavy atom. The van der Waals surface area contributed by atoms with Crippen LogP contribution in [0.5, 0.6) is 0 Å². The number of hydrogen-bond donors (Lipinski definition) is 0. The molecule has 0 aromatic heterocycles. The minimum Gasteiger partial charge on any atom is -0.311 e. The number of fused-ring (bicyclic) bond motifs is 9. The lowest BCUT2D eigenvalue weighted by molar-refractivity contribution is 0.660. The second-order valence-electron chi connectivity index (χ2n) is 17.9. The van der Waals surface area contributed by atoms with Crippen LogP contribution in [0.3, 0.4) is 0 Å². The maximum absolute atomic E-state index is 2.50. The first-order valence-corrected chi connectivity index (χ1v) is 22.6. The summed E-state index contributed by atoms with van der Waals surface area (Å²) in [5, 5.41) is 5.27. The zero-order chi connectivity index (χ0) is 42.8. The van der Waals surface area contributed by atoms with Gasteiger partial charge in [-0.05, 0) is 167 Å². The fourth-order valence-corrected chi connectivity index (χ4v) is 10.9. The van der Waals surface area contributed by atoms with Crippen molar-refractivity contribution in [3.8, 4) is 55.6 Å². The second kappa shape index (κ2) is 15.3. The minimum atomic E-state index is -0.0595. The van der Waals surface area contributed by atoms with E-state index in [-0.39, 0.29) is 5.41 Å². The molecule has 12 rings (SSSR count). The SMILES string of the molecule is CC1(C)c2ccccc2-c2ccc(-c3ccc4c(c3)c3c(c5c(-c6ccc(N(c7ccccc7)c7ccccc7)cc6)c(-c6ccccc6)cc(-c6ccccc6)c54)C=CCC3)cc21. The summed E-state index contributed by atoms with van der Waals surface area (Å²) in [6.07, 6.45) is 6.83. The van der Waals surface area contributed by atoms with Crippen LogP contribution in [0.1, 0.15) is 42.5 Å². The number of allylic oxidation sites excluding steroid dienone is 1. The Labute approximate surface area is 376 Å². The van der Waals surface area contributed by atoms with Crippen molar-refractivity contribution in [2.24, 2.45) is 0 Å². The van der Waals surface area contributed by atoms with E-state index in [1.807, 2.05) is 0 Å². The van der Waals surface area contributed by atoms with E-state index in [0.717, 1.165) is 29.9 Å². The van der Waals surface area contributed by atoms with Gasteiger partial charge in [-0.25, -0.2) is 0 Å². The van der Waals surface area contributed by atoms with Gasteiger partial charge >= 0.3 is 0 Å². The van der Waals surface area contributed by atoms with Crippen LogP contribution >= 0.6 is 0 Å². The molecule has 0 N–H and O–H groups in total. The summed E-state index contributed by atoms with van der Waals surface area (Å²) in [5.41, 5.74) is 21.5. The van der Waals surface area contributed by atoms with Gasteiger partial charge in [0.25, 0.3) is 0 Å². The van der Waals surface area contributed by atoms with Gasteiger partial charge < -0.3 is 4.90 Å². The van der Waals surface area contributed by atoms with Gasteiger partial charge in [0, 0.05) is 22.5 Å². The number of rotatable bonds is 7. The van der Waals surface area contributed by atoms with Crippen LogP contribution in [-0.2, 0) is 11.8 Å². The van der Waals surface area contributed by atoms with Crippen LogP contribution in [0, 0.1) is 0 Å². The molecule has 0 spiro atoms. The normalized spacial score (nSPS) is 13.4. The number of nitrogens with zero attached hydrogens (tertiary/aromatic N) is 1. The fourth-order valence-electron chi connectivity index (χ4n) is 10.9. The second-order valence-corrected chi connectivity index (χ2v) is 17.9. The van der Waals surface area contributed by atoms with Gasteiger partial charge in [0.1, 0.15) is 0 Å². The predicted molar refractivity (Wildman–Crippen MR) is 273 cm³/mol. The van der Waals surface area contributed by atoms with E-state index in [1.54, 1.807) is 0 Å². The Kier molecular flexibility index (Phi) is 9.05. The van der Waals surface area contributed by atoms with Gasteiger partial charge in [0.15, 0.2) is 0 Å². The molecular formula is C63H47N. The molecule has 1 nitrogen and oxygen atoms in total. The number of anilines is 3. The monoisotopic (exact) mass is 817 g/mol. The summed E-state index contributed by atoms with van der Waals surface area (Å²) in [4.78, 5) is 2.34. The van der Waals surface area contributed by atoms with Crippen LogP contribution < -0.4 is 4.90 Å². The van der Waals surface area contributed by atoms with E-state index < -0.39 is 0 Å². The van der Waals surface area contributed by atoms with Crippen molar-refractivity contribution >= 4 is 44.7 Å². The maximum Gasteiger partial charge on any atom is 0.0462 e. The van der Waals surface area contributed by atoms with E-state index in [9.17, 15) is 0 Å². The van der Waals surface area contributed by atoms with Crippen molar-refractivity contribution in [3.63, 3.8) is 0 Å².